The number of carbonyl (C=O) groups is 1. The molecular weight excluding hydrogens is 500 g/mol. The predicted octanol–water partition coefficient (Wildman–Crippen LogP) is 4.58. The van der Waals surface area contributed by atoms with Crippen LogP contribution in [0.15, 0.2) is 42.5 Å². The van der Waals surface area contributed by atoms with Crippen LogP contribution in [0.2, 0.25) is 5.02 Å². The lowest BCUT2D eigenvalue weighted by atomic mass is 9.72. The third-order valence-corrected chi connectivity index (χ3v) is 9.06. The van der Waals surface area contributed by atoms with Gasteiger partial charge in [0.05, 0.1) is 11.7 Å². The molecule has 1 aliphatic heterocycles. The number of aliphatic hydroxyl groups is 2. The first-order valence-electron chi connectivity index (χ1n) is 14.0. The molecule has 1 amide bonds. The highest BCUT2D eigenvalue weighted by Gasteiger charge is 2.44. The number of nitrogens with zero attached hydrogens (tertiary/aromatic N) is 1. The van der Waals surface area contributed by atoms with E-state index in [2.05, 4.69) is 19.1 Å². The zero-order chi connectivity index (χ0) is 27.3. The summed E-state index contributed by atoms with van der Waals surface area (Å²) in [5, 5.41) is 23.4. The van der Waals surface area contributed by atoms with Crippen LogP contribution in [-0.2, 0) is 21.6 Å². The fourth-order valence-corrected chi connectivity index (χ4v) is 6.66. The number of hydrogen-bond donors (Lipinski definition) is 3. The van der Waals surface area contributed by atoms with Gasteiger partial charge in [-0.2, -0.15) is 0 Å². The molecule has 1 saturated carbocycles. The second-order valence-corrected chi connectivity index (χ2v) is 11.7. The quantitative estimate of drug-likeness (QED) is 0.382. The van der Waals surface area contributed by atoms with Crippen LogP contribution in [0, 0.1) is 18.8 Å². The summed E-state index contributed by atoms with van der Waals surface area (Å²) < 4.78 is 5.28. The number of benzene rings is 2. The number of carbonyl (C=O) groups excluding carboxylic acids is 1. The molecule has 1 unspecified atom stereocenters. The van der Waals surface area contributed by atoms with Gasteiger partial charge in [-0.15, -0.1) is 0 Å². The number of rotatable bonds is 10. The van der Waals surface area contributed by atoms with Crippen molar-refractivity contribution in [3.05, 3.63) is 69.7 Å². The fourth-order valence-electron chi connectivity index (χ4n) is 6.42. The second kappa shape index (κ2) is 12.9. The van der Waals surface area contributed by atoms with E-state index in [4.69, 9.17) is 22.1 Å². The van der Waals surface area contributed by atoms with Gasteiger partial charge >= 0.3 is 0 Å². The number of likely N-dealkylation sites (tertiary alicyclic amines) is 1. The molecule has 1 aliphatic carbocycles. The Kier molecular flexibility index (Phi) is 9.88. The summed E-state index contributed by atoms with van der Waals surface area (Å²) in [6.07, 6.45) is 4.80. The molecule has 4 rings (SSSR count). The van der Waals surface area contributed by atoms with Crippen molar-refractivity contribution in [1.82, 2.24) is 4.90 Å². The van der Waals surface area contributed by atoms with Crippen molar-refractivity contribution >= 4 is 17.5 Å². The van der Waals surface area contributed by atoms with E-state index in [0.717, 1.165) is 36.8 Å². The standard InChI is InChI=1S/C31H43ClN2O4/c1-21-9-3-4-10-22(21)17-25-26(12-7-13-27(25)32)31(37,14-5-6-16-38-2)24-11-8-15-34(20-24)30(36)23-18-28(33)29(35)19-23/h3-4,7,9-10,12-13,23-24,28-29,35,37H,5-6,8,11,14-20,33H2,1-2H3/t23-,24?,28+,29-,31-/m0/s1. The molecule has 1 heterocycles. The average molecular weight is 543 g/mol. The first kappa shape index (κ1) is 29.0. The number of methoxy groups -OCH3 is 1. The number of amides is 1. The third kappa shape index (κ3) is 6.43. The van der Waals surface area contributed by atoms with Crippen molar-refractivity contribution in [2.45, 2.75) is 76.0 Å². The minimum atomic E-state index is -1.14. The molecule has 2 fully saturated rings. The number of unbranched alkanes of at least 4 members (excludes halogenated alkanes) is 1. The minimum absolute atomic E-state index is 0.0506. The van der Waals surface area contributed by atoms with Crippen molar-refractivity contribution in [2.24, 2.45) is 17.6 Å². The van der Waals surface area contributed by atoms with Gasteiger partial charge in [-0.25, -0.2) is 0 Å². The number of piperidine rings is 1. The normalized spacial score (nSPS) is 25.4. The SMILES string of the molecule is COCCCC[C@@](O)(c1cccc(Cl)c1Cc1ccccc1C)C1CCCN(C(=O)[C@H]2C[C@@H](N)[C@@H](O)C2)C1. The molecule has 2 aromatic rings. The molecule has 2 aliphatic rings. The van der Waals surface area contributed by atoms with Crippen molar-refractivity contribution in [3.63, 3.8) is 0 Å². The van der Waals surface area contributed by atoms with Crippen LogP contribution in [-0.4, -0.2) is 60.0 Å². The zero-order valence-electron chi connectivity index (χ0n) is 22.7. The van der Waals surface area contributed by atoms with Gasteiger partial charge in [-0.1, -0.05) is 48.0 Å². The van der Waals surface area contributed by atoms with E-state index < -0.39 is 11.7 Å². The van der Waals surface area contributed by atoms with E-state index >= 15 is 0 Å². The summed E-state index contributed by atoms with van der Waals surface area (Å²) in [4.78, 5) is 15.3. The Morgan fingerprint density at radius 3 is 2.68 bits per heavy atom. The predicted molar refractivity (Wildman–Crippen MR) is 151 cm³/mol. The maximum absolute atomic E-state index is 13.4. The van der Waals surface area contributed by atoms with Crippen LogP contribution >= 0.6 is 11.6 Å². The smallest absolute Gasteiger partial charge is 0.225 e. The van der Waals surface area contributed by atoms with Crippen LogP contribution in [0.1, 0.15) is 67.2 Å². The van der Waals surface area contributed by atoms with Crippen LogP contribution in [0.25, 0.3) is 0 Å². The molecular formula is C31H43ClN2O4. The number of ether oxygens (including phenoxy) is 1. The Morgan fingerprint density at radius 1 is 1.18 bits per heavy atom. The molecule has 5 atom stereocenters. The number of hydrogen-bond acceptors (Lipinski definition) is 5. The summed E-state index contributed by atoms with van der Waals surface area (Å²) in [6, 6.07) is 13.8. The first-order chi connectivity index (χ1) is 18.2. The maximum Gasteiger partial charge on any atom is 0.225 e. The summed E-state index contributed by atoms with van der Waals surface area (Å²) in [6.45, 7) is 3.89. The van der Waals surface area contributed by atoms with Crippen LogP contribution in [0.3, 0.4) is 0 Å². The molecule has 7 heteroatoms. The summed E-state index contributed by atoms with van der Waals surface area (Å²) >= 11 is 6.82. The van der Waals surface area contributed by atoms with Gasteiger partial charge in [0.2, 0.25) is 5.91 Å². The highest BCUT2D eigenvalue weighted by molar-refractivity contribution is 6.31. The summed E-state index contributed by atoms with van der Waals surface area (Å²) in [5.74, 6) is -0.331. The lowest BCUT2D eigenvalue weighted by molar-refractivity contribution is -0.141. The van der Waals surface area contributed by atoms with Crippen molar-refractivity contribution in [1.29, 1.82) is 0 Å². The Morgan fingerprint density at radius 2 is 1.97 bits per heavy atom. The fraction of sp³-hybridized carbons (Fsp3) is 0.581. The van der Waals surface area contributed by atoms with Gasteiger partial charge in [0.25, 0.3) is 0 Å². The molecule has 208 valence electrons. The van der Waals surface area contributed by atoms with Crippen LogP contribution in [0.5, 0.6) is 0 Å². The molecule has 2 aromatic carbocycles. The monoisotopic (exact) mass is 542 g/mol. The van der Waals surface area contributed by atoms with Crippen LogP contribution in [0.4, 0.5) is 0 Å². The minimum Gasteiger partial charge on any atom is -0.391 e. The summed E-state index contributed by atoms with van der Waals surface area (Å²) in [5.41, 5.74) is 9.05. The van der Waals surface area contributed by atoms with Gasteiger partial charge in [-0.05, 0) is 86.6 Å². The Labute approximate surface area is 232 Å². The van der Waals surface area contributed by atoms with Crippen molar-refractivity contribution < 1.29 is 19.7 Å². The van der Waals surface area contributed by atoms with Crippen LogP contribution < -0.4 is 5.73 Å². The Balaban J connectivity index is 1.65. The van der Waals surface area contributed by atoms with E-state index in [1.54, 1.807) is 7.11 Å². The average Bonchev–Trinajstić information content (AvgIpc) is 3.26. The topological polar surface area (TPSA) is 96.0 Å². The van der Waals surface area contributed by atoms with E-state index in [-0.39, 0.29) is 23.8 Å². The molecule has 0 aromatic heterocycles. The summed E-state index contributed by atoms with van der Waals surface area (Å²) in [7, 11) is 1.69. The number of aliphatic hydroxyl groups excluding tert-OH is 1. The van der Waals surface area contributed by atoms with Crippen molar-refractivity contribution in [3.8, 4) is 0 Å². The van der Waals surface area contributed by atoms with E-state index in [1.807, 2.05) is 35.2 Å². The van der Waals surface area contributed by atoms with Gasteiger partial charge in [-0.3, -0.25) is 4.79 Å². The Hall–Kier alpha value is -1.96. The lowest BCUT2D eigenvalue weighted by Gasteiger charge is -2.44. The Bertz CT molecular complexity index is 1090. The second-order valence-electron chi connectivity index (χ2n) is 11.3. The lowest BCUT2D eigenvalue weighted by Crippen LogP contribution is -2.49. The highest BCUT2D eigenvalue weighted by atomic mass is 35.5. The maximum atomic E-state index is 13.4. The van der Waals surface area contributed by atoms with Gasteiger partial charge in [0, 0.05) is 49.7 Å². The molecule has 0 bridgehead atoms. The van der Waals surface area contributed by atoms with E-state index in [1.165, 1.54) is 11.1 Å². The zero-order valence-corrected chi connectivity index (χ0v) is 23.5. The molecule has 1 saturated heterocycles. The molecule has 0 spiro atoms. The van der Waals surface area contributed by atoms with Crippen molar-refractivity contribution in [2.75, 3.05) is 26.8 Å². The van der Waals surface area contributed by atoms with Gasteiger partial charge in [0.1, 0.15) is 0 Å². The highest BCUT2D eigenvalue weighted by Crippen LogP contribution is 2.43. The third-order valence-electron chi connectivity index (χ3n) is 8.70. The number of halogens is 1. The molecule has 6 nitrogen and oxygen atoms in total. The molecule has 4 N–H and O–H groups in total. The number of aryl methyl sites for hydroxylation is 1. The van der Waals surface area contributed by atoms with E-state index in [9.17, 15) is 15.0 Å². The molecule has 0 radical (unpaired) electrons. The van der Waals surface area contributed by atoms with E-state index in [0.29, 0.717) is 50.4 Å². The van der Waals surface area contributed by atoms with Gasteiger partial charge in [0.15, 0.2) is 0 Å². The van der Waals surface area contributed by atoms with Gasteiger partial charge < -0.3 is 25.6 Å². The first-order valence-corrected chi connectivity index (χ1v) is 14.4. The number of nitrogens with two attached hydrogens (primary N) is 1. The largest absolute Gasteiger partial charge is 0.391 e. The molecule has 38 heavy (non-hydrogen) atoms.